The lowest BCUT2D eigenvalue weighted by Gasteiger charge is -2.05. The summed E-state index contributed by atoms with van der Waals surface area (Å²) in [4.78, 5) is 11.4. The SMILES string of the molecule is O=C(CSCc1cccc(Cl)c1)NCCCCO. The number of aliphatic hydroxyl groups excluding tert-OH is 1. The highest BCUT2D eigenvalue weighted by molar-refractivity contribution is 7.99. The van der Waals surface area contributed by atoms with Crippen LogP contribution >= 0.6 is 23.4 Å². The van der Waals surface area contributed by atoms with Crippen LogP contribution in [0.1, 0.15) is 18.4 Å². The molecule has 0 bridgehead atoms. The van der Waals surface area contributed by atoms with Gasteiger partial charge in [0.1, 0.15) is 0 Å². The van der Waals surface area contributed by atoms with Crippen LogP contribution in [0, 0.1) is 0 Å². The molecule has 1 aromatic rings. The molecule has 0 aliphatic carbocycles. The van der Waals surface area contributed by atoms with Gasteiger partial charge in [0.2, 0.25) is 5.91 Å². The van der Waals surface area contributed by atoms with Gasteiger partial charge >= 0.3 is 0 Å². The Morgan fingerprint density at radius 1 is 1.39 bits per heavy atom. The van der Waals surface area contributed by atoms with E-state index in [1.807, 2.05) is 24.3 Å². The molecular weight excluding hydrogens is 270 g/mol. The lowest BCUT2D eigenvalue weighted by atomic mass is 10.2. The Hall–Kier alpha value is -0.710. The molecule has 0 aromatic heterocycles. The summed E-state index contributed by atoms with van der Waals surface area (Å²) in [7, 11) is 0. The van der Waals surface area contributed by atoms with Crippen LogP contribution in [0.3, 0.4) is 0 Å². The molecule has 1 rings (SSSR count). The molecule has 0 heterocycles. The average Bonchev–Trinajstić information content (AvgIpc) is 2.35. The maximum Gasteiger partial charge on any atom is 0.230 e. The largest absolute Gasteiger partial charge is 0.396 e. The highest BCUT2D eigenvalue weighted by atomic mass is 35.5. The summed E-state index contributed by atoms with van der Waals surface area (Å²) in [6, 6.07) is 7.66. The Morgan fingerprint density at radius 3 is 2.94 bits per heavy atom. The maximum absolute atomic E-state index is 11.4. The minimum atomic E-state index is 0.0416. The first-order valence-corrected chi connectivity index (χ1v) is 7.45. The zero-order chi connectivity index (χ0) is 13.2. The van der Waals surface area contributed by atoms with E-state index >= 15 is 0 Å². The Labute approximate surface area is 117 Å². The van der Waals surface area contributed by atoms with Crippen molar-refractivity contribution in [2.45, 2.75) is 18.6 Å². The molecule has 0 spiro atoms. The number of carbonyl (C=O) groups is 1. The zero-order valence-corrected chi connectivity index (χ0v) is 11.8. The van der Waals surface area contributed by atoms with E-state index in [1.165, 1.54) is 0 Å². The van der Waals surface area contributed by atoms with Crippen molar-refractivity contribution in [1.29, 1.82) is 0 Å². The van der Waals surface area contributed by atoms with Gasteiger partial charge in [0.15, 0.2) is 0 Å². The summed E-state index contributed by atoms with van der Waals surface area (Å²) < 4.78 is 0. The first kappa shape index (κ1) is 15.3. The molecule has 1 amide bonds. The highest BCUT2D eigenvalue weighted by Gasteiger charge is 2.01. The number of carbonyl (C=O) groups excluding carboxylic acids is 1. The molecule has 18 heavy (non-hydrogen) atoms. The summed E-state index contributed by atoms with van der Waals surface area (Å²) in [6.07, 6.45) is 1.55. The van der Waals surface area contributed by atoms with Crippen LogP contribution in [-0.4, -0.2) is 29.9 Å². The number of unbranched alkanes of at least 4 members (excludes halogenated alkanes) is 1. The third-order valence-electron chi connectivity index (χ3n) is 2.30. The van der Waals surface area contributed by atoms with E-state index < -0.39 is 0 Å². The van der Waals surface area contributed by atoms with Crippen LogP contribution in [0.4, 0.5) is 0 Å². The molecule has 1 aromatic carbocycles. The summed E-state index contributed by atoms with van der Waals surface area (Å²) in [5.41, 5.74) is 1.13. The number of thioether (sulfide) groups is 1. The van der Waals surface area contributed by atoms with Crippen molar-refractivity contribution >= 4 is 29.3 Å². The van der Waals surface area contributed by atoms with Gasteiger partial charge in [-0.05, 0) is 30.5 Å². The predicted molar refractivity (Wildman–Crippen MR) is 76.9 cm³/mol. The molecule has 5 heteroatoms. The predicted octanol–water partition coefficient (Wildman–Crippen LogP) is 2.46. The second-order valence-corrected chi connectivity index (χ2v) is 5.33. The molecule has 0 saturated heterocycles. The van der Waals surface area contributed by atoms with E-state index in [4.69, 9.17) is 16.7 Å². The first-order chi connectivity index (χ1) is 8.72. The molecule has 0 atom stereocenters. The van der Waals surface area contributed by atoms with Crippen molar-refractivity contribution in [3.63, 3.8) is 0 Å². The summed E-state index contributed by atoms with van der Waals surface area (Å²) in [5, 5.41) is 12.1. The second-order valence-electron chi connectivity index (χ2n) is 3.90. The van der Waals surface area contributed by atoms with Gasteiger partial charge in [-0.3, -0.25) is 4.79 Å². The summed E-state index contributed by atoms with van der Waals surface area (Å²) >= 11 is 7.44. The van der Waals surface area contributed by atoms with Gasteiger partial charge < -0.3 is 10.4 Å². The van der Waals surface area contributed by atoms with Crippen molar-refractivity contribution in [2.75, 3.05) is 18.9 Å². The number of hydrogen-bond acceptors (Lipinski definition) is 3. The lowest BCUT2D eigenvalue weighted by molar-refractivity contribution is -0.118. The van der Waals surface area contributed by atoms with Crippen LogP contribution in [0.15, 0.2) is 24.3 Å². The van der Waals surface area contributed by atoms with Gasteiger partial charge in [0, 0.05) is 23.9 Å². The number of halogens is 1. The van der Waals surface area contributed by atoms with Crippen molar-refractivity contribution < 1.29 is 9.90 Å². The van der Waals surface area contributed by atoms with Crippen LogP contribution in [0.5, 0.6) is 0 Å². The molecule has 0 radical (unpaired) electrons. The second kappa shape index (κ2) is 9.25. The number of benzene rings is 1. The van der Waals surface area contributed by atoms with Crippen molar-refractivity contribution in [2.24, 2.45) is 0 Å². The van der Waals surface area contributed by atoms with Crippen LogP contribution in [0.25, 0.3) is 0 Å². The first-order valence-electron chi connectivity index (χ1n) is 5.92. The molecule has 0 unspecified atom stereocenters. The van der Waals surface area contributed by atoms with Crippen molar-refractivity contribution in [3.05, 3.63) is 34.9 Å². The Kier molecular flexibility index (Phi) is 7.89. The standard InChI is InChI=1S/C13H18ClNO2S/c14-12-5-3-4-11(8-12)9-18-10-13(17)15-6-1-2-7-16/h3-5,8,16H,1-2,6-7,9-10H2,(H,15,17). The van der Waals surface area contributed by atoms with Gasteiger partial charge in [-0.1, -0.05) is 23.7 Å². The normalized spacial score (nSPS) is 10.3. The van der Waals surface area contributed by atoms with Gasteiger partial charge in [-0.25, -0.2) is 0 Å². The third kappa shape index (κ3) is 6.89. The van der Waals surface area contributed by atoms with E-state index in [0.717, 1.165) is 29.2 Å². The van der Waals surface area contributed by atoms with E-state index in [1.54, 1.807) is 11.8 Å². The number of amides is 1. The Morgan fingerprint density at radius 2 is 2.22 bits per heavy atom. The Bertz CT molecular complexity index is 374. The lowest BCUT2D eigenvalue weighted by Crippen LogP contribution is -2.26. The fourth-order valence-electron chi connectivity index (χ4n) is 1.40. The fourth-order valence-corrected chi connectivity index (χ4v) is 2.42. The molecule has 0 saturated carbocycles. The van der Waals surface area contributed by atoms with Crippen molar-refractivity contribution in [1.82, 2.24) is 5.32 Å². The molecule has 0 aliphatic heterocycles. The molecule has 0 aliphatic rings. The fraction of sp³-hybridized carbons (Fsp3) is 0.462. The van der Waals surface area contributed by atoms with E-state index in [2.05, 4.69) is 5.32 Å². The topological polar surface area (TPSA) is 49.3 Å². The van der Waals surface area contributed by atoms with Gasteiger partial charge in [-0.2, -0.15) is 0 Å². The van der Waals surface area contributed by atoms with E-state index in [0.29, 0.717) is 12.3 Å². The summed E-state index contributed by atoms with van der Waals surface area (Å²) in [5.74, 6) is 1.27. The van der Waals surface area contributed by atoms with E-state index in [9.17, 15) is 4.79 Å². The molecular formula is C13H18ClNO2S. The minimum absolute atomic E-state index is 0.0416. The minimum Gasteiger partial charge on any atom is -0.396 e. The summed E-state index contributed by atoms with van der Waals surface area (Å²) in [6.45, 7) is 0.816. The molecule has 100 valence electrons. The highest BCUT2D eigenvalue weighted by Crippen LogP contribution is 2.16. The maximum atomic E-state index is 11.4. The molecule has 0 fully saturated rings. The van der Waals surface area contributed by atoms with Crippen LogP contribution in [0.2, 0.25) is 5.02 Å². The van der Waals surface area contributed by atoms with Gasteiger partial charge in [0.25, 0.3) is 0 Å². The molecule has 2 N–H and O–H groups in total. The Balaban J connectivity index is 2.12. The number of nitrogens with one attached hydrogen (secondary N) is 1. The van der Waals surface area contributed by atoms with E-state index in [-0.39, 0.29) is 12.5 Å². The van der Waals surface area contributed by atoms with Gasteiger partial charge in [-0.15, -0.1) is 11.8 Å². The number of hydrogen-bond donors (Lipinski definition) is 2. The van der Waals surface area contributed by atoms with Crippen LogP contribution in [-0.2, 0) is 10.5 Å². The average molecular weight is 288 g/mol. The number of rotatable bonds is 8. The third-order valence-corrected chi connectivity index (χ3v) is 3.54. The number of aliphatic hydroxyl groups is 1. The quantitative estimate of drug-likeness (QED) is 0.722. The molecule has 3 nitrogen and oxygen atoms in total. The zero-order valence-electron chi connectivity index (χ0n) is 10.2. The van der Waals surface area contributed by atoms with Gasteiger partial charge in [0.05, 0.1) is 5.75 Å². The van der Waals surface area contributed by atoms with Crippen molar-refractivity contribution in [3.8, 4) is 0 Å². The van der Waals surface area contributed by atoms with Crippen LogP contribution < -0.4 is 5.32 Å². The monoisotopic (exact) mass is 287 g/mol. The smallest absolute Gasteiger partial charge is 0.230 e.